The number of aliphatic hydroxyl groups excluding tert-OH is 2. The van der Waals surface area contributed by atoms with E-state index in [0.717, 1.165) is 15.6 Å². The summed E-state index contributed by atoms with van der Waals surface area (Å²) in [5.41, 5.74) is 3.78. The molecule has 0 radical (unpaired) electrons. The smallest absolute Gasteiger partial charge is 0.0553 e. The average Bonchev–Trinajstić information content (AvgIpc) is 2.44. The first-order valence-corrected chi connectivity index (χ1v) is 7.84. The molecule has 0 aromatic heterocycles. The number of hydrogen-bond acceptors (Lipinski definition) is 2. The fraction of sp³-hybridized carbons (Fsp3) is 0.333. The number of aryl methyl sites for hydroxylation is 2. The molecule has 2 N–H and O–H groups in total. The molecule has 3 heteroatoms. The maximum atomic E-state index is 9.97. The molecular weight excluding hydrogens is 328 g/mol. The average molecular weight is 349 g/mol. The van der Waals surface area contributed by atoms with Crippen LogP contribution < -0.4 is 0 Å². The molecule has 0 spiro atoms. The molecule has 2 aromatic rings. The summed E-state index contributed by atoms with van der Waals surface area (Å²) < 4.78 is 0.914. The highest BCUT2D eigenvalue weighted by Gasteiger charge is 2.33. The Bertz CT molecular complexity index is 598. The van der Waals surface area contributed by atoms with E-state index >= 15 is 0 Å². The van der Waals surface area contributed by atoms with E-state index in [0.29, 0.717) is 6.42 Å². The zero-order chi connectivity index (χ0) is 15.5. The molecule has 0 aliphatic heterocycles. The van der Waals surface area contributed by atoms with Crippen LogP contribution in [0.4, 0.5) is 0 Å². The first-order valence-electron chi connectivity index (χ1n) is 7.05. The molecule has 112 valence electrons. The van der Waals surface area contributed by atoms with Gasteiger partial charge in [0.2, 0.25) is 0 Å². The van der Waals surface area contributed by atoms with Crippen LogP contribution in [-0.2, 0) is 11.8 Å². The maximum Gasteiger partial charge on any atom is 0.0553 e. The Kier molecular flexibility index (Phi) is 5.20. The zero-order valence-electron chi connectivity index (χ0n) is 12.4. The molecule has 0 saturated carbocycles. The minimum Gasteiger partial charge on any atom is -0.395 e. The molecule has 2 nitrogen and oxygen atoms in total. The first kappa shape index (κ1) is 16.2. The van der Waals surface area contributed by atoms with Gasteiger partial charge in [0.1, 0.15) is 0 Å². The van der Waals surface area contributed by atoms with Crippen molar-refractivity contribution in [3.63, 3.8) is 0 Å². The van der Waals surface area contributed by atoms with Crippen molar-refractivity contribution in [3.05, 3.63) is 69.2 Å². The number of rotatable bonds is 5. The second-order valence-electron chi connectivity index (χ2n) is 5.75. The quantitative estimate of drug-likeness (QED) is 0.867. The van der Waals surface area contributed by atoms with Crippen LogP contribution in [0.1, 0.15) is 22.3 Å². The lowest BCUT2D eigenvalue weighted by Gasteiger charge is -2.31. The molecular formula is C18H21BrO2. The third-order valence-corrected chi connectivity index (χ3v) is 4.57. The Hall–Kier alpha value is -1.16. The lowest BCUT2D eigenvalue weighted by Crippen LogP contribution is -2.37. The molecule has 0 aliphatic carbocycles. The number of hydrogen-bond donors (Lipinski definition) is 2. The lowest BCUT2D eigenvalue weighted by molar-refractivity contribution is 0.115. The summed E-state index contributed by atoms with van der Waals surface area (Å²) in [5.74, 6) is 0. The Morgan fingerprint density at radius 2 is 1.52 bits per heavy atom. The summed E-state index contributed by atoms with van der Waals surface area (Å²) in [6, 6.07) is 14.1. The van der Waals surface area contributed by atoms with Crippen molar-refractivity contribution in [2.45, 2.75) is 25.7 Å². The first-order chi connectivity index (χ1) is 10.0. The van der Waals surface area contributed by atoms with Crippen LogP contribution in [0.15, 0.2) is 46.9 Å². The van der Waals surface area contributed by atoms with Crippen LogP contribution in [0, 0.1) is 13.8 Å². The summed E-state index contributed by atoms with van der Waals surface area (Å²) in [7, 11) is 0. The normalized spacial score (nSPS) is 11.7. The van der Waals surface area contributed by atoms with Gasteiger partial charge in [0.25, 0.3) is 0 Å². The summed E-state index contributed by atoms with van der Waals surface area (Å²) in [6.07, 6.45) is 0.602. The van der Waals surface area contributed by atoms with Gasteiger partial charge in [0, 0.05) is 9.89 Å². The van der Waals surface area contributed by atoms with Crippen molar-refractivity contribution in [2.75, 3.05) is 13.2 Å². The summed E-state index contributed by atoms with van der Waals surface area (Å²) >= 11 is 3.53. The molecule has 2 aromatic carbocycles. The second-order valence-corrected chi connectivity index (χ2v) is 6.60. The Labute approximate surface area is 134 Å². The van der Waals surface area contributed by atoms with Crippen molar-refractivity contribution >= 4 is 15.9 Å². The van der Waals surface area contributed by atoms with Gasteiger partial charge >= 0.3 is 0 Å². The van der Waals surface area contributed by atoms with Gasteiger partial charge in [-0.05, 0) is 37.5 Å². The SMILES string of the molecule is Cc1cc(C)cc(CC(CO)(CO)c2ccccc2Br)c1. The molecule has 0 heterocycles. The third kappa shape index (κ3) is 3.54. The van der Waals surface area contributed by atoms with E-state index < -0.39 is 5.41 Å². The van der Waals surface area contributed by atoms with Gasteiger partial charge in [-0.25, -0.2) is 0 Å². The largest absolute Gasteiger partial charge is 0.395 e. The molecule has 0 aliphatic rings. The molecule has 0 amide bonds. The van der Waals surface area contributed by atoms with Crippen LogP contribution in [0.3, 0.4) is 0 Å². The van der Waals surface area contributed by atoms with Crippen LogP contribution in [0.5, 0.6) is 0 Å². The number of halogens is 1. The van der Waals surface area contributed by atoms with Crippen LogP contribution in [0.25, 0.3) is 0 Å². The van der Waals surface area contributed by atoms with Gasteiger partial charge in [-0.1, -0.05) is 63.5 Å². The van der Waals surface area contributed by atoms with Crippen molar-refractivity contribution in [3.8, 4) is 0 Å². The Morgan fingerprint density at radius 3 is 2.05 bits per heavy atom. The van der Waals surface area contributed by atoms with Crippen LogP contribution >= 0.6 is 15.9 Å². The predicted octanol–water partition coefficient (Wildman–Crippen LogP) is 3.53. The van der Waals surface area contributed by atoms with E-state index in [4.69, 9.17) is 0 Å². The molecule has 0 bridgehead atoms. The minimum atomic E-state index is -0.680. The minimum absolute atomic E-state index is 0.0981. The summed E-state index contributed by atoms with van der Waals surface area (Å²) in [6.45, 7) is 3.93. The molecule has 0 saturated heterocycles. The number of aliphatic hydroxyl groups is 2. The topological polar surface area (TPSA) is 40.5 Å². The van der Waals surface area contributed by atoms with E-state index in [2.05, 4.69) is 48.0 Å². The van der Waals surface area contributed by atoms with Gasteiger partial charge in [0.05, 0.1) is 13.2 Å². The summed E-state index contributed by atoms with van der Waals surface area (Å²) in [5, 5.41) is 19.9. The maximum absolute atomic E-state index is 9.97. The van der Waals surface area contributed by atoms with Gasteiger partial charge in [-0.15, -0.1) is 0 Å². The Balaban J connectivity index is 2.45. The van der Waals surface area contributed by atoms with Crippen LogP contribution in [-0.4, -0.2) is 23.4 Å². The van der Waals surface area contributed by atoms with Gasteiger partial charge < -0.3 is 10.2 Å². The Morgan fingerprint density at radius 1 is 0.952 bits per heavy atom. The van der Waals surface area contributed by atoms with Gasteiger partial charge in [-0.3, -0.25) is 0 Å². The van der Waals surface area contributed by atoms with E-state index in [1.54, 1.807) is 0 Å². The molecule has 0 unspecified atom stereocenters. The van der Waals surface area contributed by atoms with Crippen molar-refractivity contribution in [2.24, 2.45) is 0 Å². The molecule has 0 fully saturated rings. The van der Waals surface area contributed by atoms with E-state index in [1.807, 2.05) is 24.3 Å². The predicted molar refractivity (Wildman–Crippen MR) is 89.6 cm³/mol. The zero-order valence-corrected chi connectivity index (χ0v) is 14.0. The molecule has 0 atom stereocenters. The highest BCUT2D eigenvalue weighted by atomic mass is 79.9. The van der Waals surface area contributed by atoms with E-state index in [9.17, 15) is 10.2 Å². The summed E-state index contributed by atoms with van der Waals surface area (Å²) in [4.78, 5) is 0. The van der Waals surface area contributed by atoms with Crippen molar-refractivity contribution in [1.29, 1.82) is 0 Å². The standard InChI is InChI=1S/C18H21BrO2/c1-13-7-14(2)9-15(8-13)10-18(11-20,12-21)16-5-3-4-6-17(16)19/h3-9,20-21H,10-12H2,1-2H3. The van der Waals surface area contributed by atoms with Crippen molar-refractivity contribution in [1.82, 2.24) is 0 Å². The number of benzene rings is 2. The highest BCUT2D eigenvalue weighted by Crippen LogP contribution is 2.33. The van der Waals surface area contributed by atoms with Gasteiger partial charge in [0.15, 0.2) is 0 Å². The van der Waals surface area contributed by atoms with Crippen molar-refractivity contribution < 1.29 is 10.2 Å². The lowest BCUT2D eigenvalue weighted by atomic mass is 9.76. The van der Waals surface area contributed by atoms with Crippen LogP contribution in [0.2, 0.25) is 0 Å². The molecule has 21 heavy (non-hydrogen) atoms. The fourth-order valence-corrected chi connectivity index (χ4v) is 3.59. The third-order valence-electron chi connectivity index (χ3n) is 3.87. The van der Waals surface area contributed by atoms with E-state index in [-0.39, 0.29) is 13.2 Å². The second kappa shape index (κ2) is 6.73. The molecule has 2 rings (SSSR count). The fourth-order valence-electron chi connectivity index (χ4n) is 2.88. The highest BCUT2D eigenvalue weighted by molar-refractivity contribution is 9.10. The monoisotopic (exact) mass is 348 g/mol. The van der Waals surface area contributed by atoms with E-state index in [1.165, 1.54) is 11.1 Å². The van der Waals surface area contributed by atoms with Gasteiger partial charge in [-0.2, -0.15) is 0 Å².